The number of carboxylic acids is 1. The maximum Gasteiger partial charge on any atom is 0.306 e. The molecule has 108 valence electrons. The van der Waals surface area contributed by atoms with Crippen molar-refractivity contribution in [2.45, 2.75) is 31.7 Å². The van der Waals surface area contributed by atoms with E-state index < -0.39 is 11.9 Å². The van der Waals surface area contributed by atoms with E-state index >= 15 is 0 Å². The van der Waals surface area contributed by atoms with E-state index in [1.165, 1.54) is 18.2 Å². The van der Waals surface area contributed by atoms with Gasteiger partial charge < -0.3 is 20.6 Å². The highest BCUT2D eigenvalue weighted by atomic mass is 16.4. The number of amides is 1. The van der Waals surface area contributed by atoms with Gasteiger partial charge in [0, 0.05) is 11.6 Å². The fraction of sp³-hybridized carbons (Fsp3) is 0.429. The molecule has 0 saturated heterocycles. The van der Waals surface area contributed by atoms with Gasteiger partial charge in [-0.3, -0.25) is 9.59 Å². The second kappa shape index (κ2) is 5.81. The van der Waals surface area contributed by atoms with Crippen molar-refractivity contribution in [3.05, 3.63) is 23.8 Å². The predicted molar refractivity (Wildman–Crippen MR) is 70.6 cm³/mol. The summed E-state index contributed by atoms with van der Waals surface area (Å²) in [6.45, 7) is 0. The molecule has 2 unspecified atom stereocenters. The Labute approximate surface area is 116 Å². The highest BCUT2D eigenvalue weighted by Gasteiger charge is 2.28. The van der Waals surface area contributed by atoms with Crippen molar-refractivity contribution in [1.82, 2.24) is 5.32 Å². The molecule has 2 atom stereocenters. The molecule has 1 amide bonds. The van der Waals surface area contributed by atoms with Crippen molar-refractivity contribution in [2.75, 3.05) is 0 Å². The van der Waals surface area contributed by atoms with Crippen molar-refractivity contribution in [1.29, 1.82) is 0 Å². The molecule has 6 heteroatoms. The highest BCUT2D eigenvalue weighted by molar-refractivity contribution is 5.95. The summed E-state index contributed by atoms with van der Waals surface area (Å²) >= 11 is 0. The molecule has 1 saturated carbocycles. The normalized spacial score (nSPS) is 22.2. The van der Waals surface area contributed by atoms with Gasteiger partial charge in [0.1, 0.15) is 0 Å². The van der Waals surface area contributed by atoms with Crippen molar-refractivity contribution in [3.63, 3.8) is 0 Å². The summed E-state index contributed by atoms with van der Waals surface area (Å²) in [6.07, 6.45) is 2.58. The van der Waals surface area contributed by atoms with Gasteiger partial charge in [-0.2, -0.15) is 0 Å². The minimum atomic E-state index is -0.828. The van der Waals surface area contributed by atoms with Crippen LogP contribution < -0.4 is 5.32 Å². The third-order valence-electron chi connectivity index (χ3n) is 3.60. The first-order chi connectivity index (χ1) is 9.47. The molecular weight excluding hydrogens is 262 g/mol. The van der Waals surface area contributed by atoms with Crippen LogP contribution in [-0.4, -0.2) is 33.2 Å². The van der Waals surface area contributed by atoms with Crippen LogP contribution in [-0.2, 0) is 4.79 Å². The van der Waals surface area contributed by atoms with E-state index in [0.717, 1.165) is 12.8 Å². The minimum Gasteiger partial charge on any atom is -0.504 e. The Kier molecular flexibility index (Phi) is 4.12. The van der Waals surface area contributed by atoms with Gasteiger partial charge in [0.05, 0.1) is 5.92 Å². The second-order valence-electron chi connectivity index (χ2n) is 5.08. The number of nitrogens with one attached hydrogen (secondary N) is 1. The number of phenols is 2. The van der Waals surface area contributed by atoms with Crippen LogP contribution in [0.4, 0.5) is 0 Å². The van der Waals surface area contributed by atoms with Crippen LogP contribution in [0.1, 0.15) is 36.0 Å². The lowest BCUT2D eigenvalue weighted by Gasteiger charge is -2.27. The first-order valence-corrected chi connectivity index (χ1v) is 6.53. The van der Waals surface area contributed by atoms with Crippen LogP contribution in [0.15, 0.2) is 18.2 Å². The lowest BCUT2D eigenvalue weighted by Crippen LogP contribution is -2.39. The van der Waals surface area contributed by atoms with E-state index in [9.17, 15) is 19.8 Å². The van der Waals surface area contributed by atoms with Crippen molar-refractivity contribution < 1.29 is 24.9 Å². The first kappa shape index (κ1) is 14.2. The SMILES string of the molecule is O=C(NC1CCCC(C(=O)O)C1)c1ccc(O)c(O)c1. The summed E-state index contributed by atoms with van der Waals surface area (Å²) in [5.41, 5.74) is 0.234. The Morgan fingerprint density at radius 1 is 1.15 bits per heavy atom. The second-order valence-corrected chi connectivity index (χ2v) is 5.08. The molecule has 0 bridgehead atoms. The molecular formula is C14H17NO5. The number of rotatable bonds is 3. The highest BCUT2D eigenvalue weighted by Crippen LogP contribution is 2.26. The molecule has 6 nitrogen and oxygen atoms in total. The summed E-state index contributed by atoms with van der Waals surface area (Å²) in [6, 6.07) is 3.66. The van der Waals surface area contributed by atoms with Crippen LogP contribution in [0, 0.1) is 5.92 Å². The number of carbonyl (C=O) groups is 2. The number of benzene rings is 1. The molecule has 20 heavy (non-hydrogen) atoms. The van der Waals surface area contributed by atoms with Gasteiger partial charge in [-0.05, 0) is 37.5 Å². The molecule has 1 aliphatic carbocycles. The predicted octanol–water partition coefficient (Wildman–Crippen LogP) is 1.47. The zero-order valence-electron chi connectivity index (χ0n) is 10.9. The average molecular weight is 279 g/mol. The third kappa shape index (κ3) is 3.20. The van der Waals surface area contributed by atoms with Gasteiger partial charge in [0.2, 0.25) is 0 Å². The number of aliphatic carboxylic acids is 1. The van der Waals surface area contributed by atoms with Gasteiger partial charge in [-0.25, -0.2) is 0 Å². The molecule has 2 rings (SSSR count). The molecule has 1 fully saturated rings. The number of carbonyl (C=O) groups excluding carboxylic acids is 1. The number of hydrogen-bond donors (Lipinski definition) is 4. The Morgan fingerprint density at radius 2 is 1.90 bits per heavy atom. The van der Waals surface area contributed by atoms with Crippen LogP contribution in [0.3, 0.4) is 0 Å². The third-order valence-corrected chi connectivity index (χ3v) is 3.60. The summed E-state index contributed by atoms with van der Waals surface area (Å²) in [5, 5.41) is 30.3. The maximum atomic E-state index is 12.0. The molecule has 1 aromatic carbocycles. The number of hydrogen-bond acceptors (Lipinski definition) is 4. The average Bonchev–Trinajstić information content (AvgIpc) is 2.42. The van der Waals surface area contributed by atoms with Crippen LogP contribution >= 0.6 is 0 Å². The lowest BCUT2D eigenvalue weighted by molar-refractivity contribution is -0.143. The zero-order chi connectivity index (χ0) is 14.7. The minimum absolute atomic E-state index is 0.173. The molecule has 1 aromatic rings. The Hall–Kier alpha value is -2.24. The van der Waals surface area contributed by atoms with Gasteiger partial charge in [0.15, 0.2) is 11.5 Å². The van der Waals surface area contributed by atoms with E-state index in [0.29, 0.717) is 12.8 Å². The largest absolute Gasteiger partial charge is 0.504 e. The summed E-state index contributed by atoms with van der Waals surface area (Å²) in [4.78, 5) is 23.0. The molecule has 0 aliphatic heterocycles. The molecule has 0 aromatic heterocycles. The molecule has 0 heterocycles. The fourth-order valence-electron chi connectivity index (χ4n) is 2.48. The van der Waals surface area contributed by atoms with Gasteiger partial charge in [-0.1, -0.05) is 6.42 Å². The Balaban J connectivity index is 2.00. The first-order valence-electron chi connectivity index (χ1n) is 6.53. The monoisotopic (exact) mass is 279 g/mol. The van der Waals surface area contributed by atoms with Gasteiger partial charge >= 0.3 is 5.97 Å². The van der Waals surface area contributed by atoms with Crippen LogP contribution in [0.25, 0.3) is 0 Å². The quantitative estimate of drug-likeness (QED) is 0.627. The molecule has 0 spiro atoms. The Bertz CT molecular complexity index is 528. The van der Waals surface area contributed by atoms with Crippen LogP contribution in [0.2, 0.25) is 0 Å². The van der Waals surface area contributed by atoms with Crippen molar-refractivity contribution >= 4 is 11.9 Å². The number of carboxylic acid groups (broad SMARTS) is 1. The zero-order valence-corrected chi connectivity index (χ0v) is 10.9. The Morgan fingerprint density at radius 3 is 2.55 bits per heavy atom. The van der Waals surface area contributed by atoms with Gasteiger partial charge in [0.25, 0.3) is 5.91 Å². The number of aromatic hydroxyl groups is 2. The maximum absolute atomic E-state index is 12.0. The summed E-state index contributed by atoms with van der Waals surface area (Å²) in [5.74, 6) is -2.26. The topological polar surface area (TPSA) is 107 Å². The van der Waals surface area contributed by atoms with Crippen molar-refractivity contribution in [2.24, 2.45) is 5.92 Å². The standard InChI is InChI=1S/C14H17NO5/c16-11-5-4-8(7-12(11)17)13(18)15-10-3-1-2-9(6-10)14(19)20/h4-5,7,9-10,16-17H,1-3,6H2,(H,15,18)(H,19,20). The lowest BCUT2D eigenvalue weighted by atomic mass is 9.85. The van der Waals surface area contributed by atoms with E-state index in [1.807, 2.05) is 0 Å². The fourth-order valence-corrected chi connectivity index (χ4v) is 2.48. The number of phenolic OH excluding ortho intramolecular Hbond substituents is 2. The van der Waals surface area contributed by atoms with Gasteiger partial charge in [-0.15, -0.1) is 0 Å². The van der Waals surface area contributed by atoms with E-state index in [4.69, 9.17) is 5.11 Å². The van der Waals surface area contributed by atoms with Crippen molar-refractivity contribution in [3.8, 4) is 11.5 Å². The summed E-state index contributed by atoms with van der Waals surface area (Å²) < 4.78 is 0. The summed E-state index contributed by atoms with van der Waals surface area (Å²) in [7, 11) is 0. The van der Waals surface area contributed by atoms with Crippen LogP contribution in [0.5, 0.6) is 11.5 Å². The van der Waals surface area contributed by atoms with E-state index in [-0.39, 0.29) is 29.0 Å². The molecule has 1 aliphatic rings. The molecule has 0 radical (unpaired) electrons. The smallest absolute Gasteiger partial charge is 0.306 e. The molecule has 4 N–H and O–H groups in total. The van der Waals surface area contributed by atoms with E-state index in [2.05, 4.69) is 5.32 Å². The van der Waals surface area contributed by atoms with E-state index in [1.54, 1.807) is 0 Å².